The number of hydrogen-bond acceptors (Lipinski definition) is 6. The summed E-state index contributed by atoms with van der Waals surface area (Å²) >= 11 is 8.22. The van der Waals surface area contributed by atoms with Crippen LogP contribution in [0.25, 0.3) is 0 Å². The van der Waals surface area contributed by atoms with E-state index in [0.29, 0.717) is 18.2 Å². The van der Waals surface area contributed by atoms with Crippen molar-refractivity contribution in [2.45, 2.75) is 22.3 Å². The topological polar surface area (TPSA) is 90.3 Å². The zero-order valence-corrected chi connectivity index (χ0v) is 23.0. The van der Waals surface area contributed by atoms with Crippen LogP contribution in [-0.2, 0) is 16.0 Å². The van der Waals surface area contributed by atoms with Crippen molar-refractivity contribution in [3.8, 4) is 5.75 Å². The second-order valence-corrected chi connectivity index (χ2v) is 10.7. The van der Waals surface area contributed by atoms with Crippen molar-refractivity contribution in [2.24, 2.45) is 0 Å². The summed E-state index contributed by atoms with van der Waals surface area (Å²) in [5.41, 5.74) is 2.80. The molecule has 0 amide bonds. The van der Waals surface area contributed by atoms with Crippen LogP contribution >= 0.6 is 23.4 Å². The molecule has 2 N–H and O–H groups in total. The Hall–Kier alpha value is -3.30. The zero-order chi connectivity index (χ0) is 27.6. The second kappa shape index (κ2) is 14.2. The number of nitrogens with zero attached hydrogens (tertiary/aromatic N) is 2. The summed E-state index contributed by atoms with van der Waals surface area (Å²) in [6, 6.07) is 25.7. The van der Waals surface area contributed by atoms with Crippen LogP contribution in [0.4, 0.5) is 0 Å². The first-order valence-electron chi connectivity index (χ1n) is 12.7. The van der Waals surface area contributed by atoms with E-state index in [4.69, 9.17) is 26.6 Å². The minimum absolute atomic E-state index is 0.395. The molecule has 0 saturated carbocycles. The SMILES string of the molecule is Clc1ccc2c(c1)CC(N1CCN(CCOc3ccccc3)CC1)c1ccccc1S2.O=C(O)/C=C\C(=O)O. The van der Waals surface area contributed by atoms with E-state index in [1.54, 1.807) is 0 Å². The van der Waals surface area contributed by atoms with E-state index < -0.39 is 11.9 Å². The Morgan fingerprint density at radius 1 is 0.897 bits per heavy atom. The number of rotatable bonds is 7. The first-order chi connectivity index (χ1) is 18.9. The number of carbonyl (C=O) groups is 2. The molecule has 1 saturated heterocycles. The molecule has 3 aromatic rings. The fourth-order valence-corrected chi connectivity index (χ4v) is 5.98. The number of piperazine rings is 1. The van der Waals surface area contributed by atoms with Crippen LogP contribution in [0.15, 0.2) is 94.7 Å². The van der Waals surface area contributed by atoms with Crippen molar-refractivity contribution in [3.63, 3.8) is 0 Å². The van der Waals surface area contributed by atoms with Gasteiger partial charge in [0.25, 0.3) is 0 Å². The van der Waals surface area contributed by atoms with E-state index in [9.17, 15) is 9.59 Å². The van der Waals surface area contributed by atoms with Gasteiger partial charge in [-0.05, 0) is 53.9 Å². The van der Waals surface area contributed by atoms with Crippen molar-refractivity contribution in [1.82, 2.24) is 9.80 Å². The van der Waals surface area contributed by atoms with E-state index in [-0.39, 0.29) is 0 Å². The largest absolute Gasteiger partial charge is 0.492 e. The number of halogens is 1. The highest BCUT2D eigenvalue weighted by molar-refractivity contribution is 7.99. The van der Waals surface area contributed by atoms with Gasteiger partial charge in [0.1, 0.15) is 12.4 Å². The Kier molecular flexibility index (Phi) is 10.4. The van der Waals surface area contributed by atoms with Gasteiger partial charge in [-0.3, -0.25) is 9.80 Å². The van der Waals surface area contributed by atoms with Crippen LogP contribution < -0.4 is 4.74 Å². The molecule has 1 fully saturated rings. The molecule has 7 nitrogen and oxygen atoms in total. The average Bonchev–Trinajstić information content (AvgIpc) is 3.10. The van der Waals surface area contributed by atoms with Gasteiger partial charge in [0.05, 0.1) is 0 Å². The molecule has 39 heavy (non-hydrogen) atoms. The van der Waals surface area contributed by atoms with Gasteiger partial charge in [0.15, 0.2) is 0 Å². The number of aliphatic carboxylic acids is 2. The Balaban J connectivity index is 0.000000386. The first kappa shape index (κ1) is 28.7. The summed E-state index contributed by atoms with van der Waals surface area (Å²) in [4.78, 5) is 27.0. The Bertz CT molecular complexity index is 1280. The predicted molar refractivity (Wildman–Crippen MR) is 153 cm³/mol. The lowest BCUT2D eigenvalue weighted by atomic mass is 9.96. The maximum absolute atomic E-state index is 9.55. The molecule has 0 radical (unpaired) electrons. The predicted octanol–water partition coefficient (Wildman–Crippen LogP) is 5.50. The van der Waals surface area contributed by atoms with E-state index >= 15 is 0 Å². The van der Waals surface area contributed by atoms with Crippen LogP contribution in [0, 0.1) is 0 Å². The van der Waals surface area contributed by atoms with Gasteiger partial charge in [0, 0.05) is 65.7 Å². The highest BCUT2D eigenvalue weighted by Gasteiger charge is 2.29. The molecule has 1 atom stereocenters. The number of carboxylic acid groups (broad SMARTS) is 2. The maximum atomic E-state index is 9.55. The molecule has 0 bridgehead atoms. The summed E-state index contributed by atoms with van der Waals surface area (Å²) in [6.07, 6.45) is 2.13. The summed E-state index contributed by atoms with van der Waals surface area (Å²) in [5.74, 6) is -1.56. The number of carboxylic acids is 2. The van der Waals surface area contributed by atoms with E-state index in [2.05, 4.69) is 46.2 Å². The lowest BCUT2D eigenvalue weighted by Gasteiger charge is -2.39. The summed E-state index contributed by atoms with van der Waals surface area (Å²) in [5, 5.41) is 16.5. The van der Waals surface area contributed by atoms with E-state index in [1.807, 2.05) is 48.2 Å². The van der Waals surface area contributed by atoms with Crippen molar-refractivity contribution < 1.29 is 24.5 Å². The maximum Gasteiger partial charge on any atom is 0.328 e. The lowest BCUT2D eigenvalue weighted by molar-refractivity contribution is -0.134. The third-order valence-corrected chi connectivity index (χ3v) is 8.01. The van der Waals surface area contributed by atoms with Crippen LogP contribution in [0.3, 0.4) is 0 Å². The molecule has 5 rings (SSSR count). The Morgan fingerprint density at radius 3 is 2.26 bits per heavy atom. The molecule has 0 aliphatic carbocycles. The average molecular weight is 567 g/mol. The summed E-state index contributed by atoms with van der Waals surface area (Å²) < 4.78 is 5.89. The molecule has 9 heteroatoms. The minimum Gasteiger partial charge on any atom is -0.492 e. The van der Waals surface area contributed by atoms with Gasteiger partial charge in [-0.25, -0.2) is 9.59 Å². The number of hydrogen-bond donors (Lipinski definition) is 2. The highest BCUT2D eigenvalue weighted by Crippen LogP contribution is 2.43. The minimum atomic E-state index is -1.26. The molecule has 0 aromatic heterocycles. The van der Waals surface area contributed by atoms with E-state index in [0.717, 1.165) is 56.5 Å². The standard InChI is InChI=1S/C26H27ClN2OS.C4H4O4/c27-21-10-11-25-20(18-21)19-24(23-8-4-5-9-26(23)31-25)29-14-12-28(13-15-29)16-17-30-22-6-2-1-3-7-22;5-3(6)1-2-4(7)8/h1-11,18,24H,12-17,19H2;1-2H,(H,5,6)(H,7,8)/b;2-1-. The highest BCUT2D eigenvalue weighted by atomic mass is 35.5. The summed E-state index contributed by atoms with van der Waals surface area (Å²) in [6.45, 7) is 6.01. The van der Waals surface area contributed by atoms with Crippen molar-refractivity contribution in [2.75, 3.05) is 39.3 Å². The van der Waals surface area contributed by atoms with Gasteiger partial charge in [-0.15, -0.1) is 0 Å². The fraction of sp³-hybridized carbons (Fsp3) is 0.267. The quantitative estimate of drug-likeness (QED) is 0.363. The van der Waals surface area contributed by atoms with Gasteiger partial charge >= 0.3 is 11.9 Å². The lowest BCUT2D eigenvalue weighted by Crippen LogP contribution is -2.49. The molecule has 2 heterocycles. The Labute approximate surface area is 237 Å². The summed E-state index contributed by atoms with van der Waals surface area (Å²) in [7, 11) is 0. The van der Waals surface area contributed by atoms with Crippen molar-refractivity contribution >= 4 is 35.3 Å². The van der Waals surface area contributed by atoms with Crippen LogP contribution in [0.2, 0.25) is 5.02 Å². The molecule has 0 spiro atoms. The zero-order valence-electron chi connectivity index (χ0n) is 21.4. The molecule has 2 aliphatic heterocycles. The normalized spacial score (nSPS) is 17.3. The van der Waals surface area contributed by atoms with Crippen molar-refractivity contribution in [1.29, 1.82) is 0 Å². The van der Waals surface area contributed by atoms with Gasteiger partial charge < -0.3 is 14.9 Å². The number of benzene rings is 3. The Morgan fingerprint density at radius 2 is 1.56 bits per heavy atom. The first-order valence-corrected chi connectivity index (χ1v) is 13.9. The van der Waals surface area contributed by atoms with E-state index in [1.165, 1.54) is 20.9 Å². The molecule has 3 aromatic carbocycles. The van der Waals surface area contributed by atoms with Crippen LogP contribution in [0.1, 0.15) is 17.2 Å². The molecule has 2 aliphatic rings. The smallest absolute Gasteiger partial charge is 0.328 e. The van der Waals surface area contributed by atoms with Crippen LogP contribution in [-0.4, -0.2) is 71.3 Å². The number of para-hydroxylation sites is 1. The monoisotopic (exact) mass is 566 g/mol. The third-order valence-electron chi connectivity index (χ3n) is 6.57. The molecule has 204 valence electrons. The molecule has 1 unspecified atom stereocenters. The van der Waals surface area contributed by atoms with Gasteiger partial charge in [0.2, 0.25) is 0 Å². The third kappa shape index (κ3) is 8.60. The fourth-order valence-electron chi connectivity index (χ4n) is 4.67. The number of fused-ring (bicyclic) bond motifs is 2. The van der Waals surface area contributed by atoms with Crippen LogP contribution in [0.5, 0.6) is 5.75 Å². The second-order valence-electron chi connectivity index (χ2n) is 9.16. The van der Waals surface area contributed by atoms with Crippen molar-refractivity contribution in [3.05, 3.63) is 101 Å². The molecular formula is C30H31ClN2O5S. The van der Waals surface area contributed by atoms with Gasteiger partial charge in [-0.1, -0.05) is 59.8 Å². The molecular weight excluding hydrogens is 536 g/mol. The van der Waals surface area contributed by atoms with Gasteiger partial charge in [-0.2, -0.15) is 0 Å². The number of ether oxygens (including phenoxy) is 1.